The second-order valence-electron chi connectivity index (χ2n) is 5.84. The topological polar surface area (TPSA) is 55.8 Å². The number of rotatable bonds is 15. The molecule has 0 aliphatic rings. The third-order valence-corrected chi connectivity index (χ3v) is 3.78. The number of methoxy groups -OCH3 is 1. The summed E-state index contributed by atoms with van der Waals surface area (Å²) in [7, 11) is 1.42. The van der Waals surface area contributed by atoms with Gasteiger partial charge in [-0.25, -0.2) is 4.89 Å². The normalized spacial score (nSPS) is 13.0. The van der Waals surface area contributed by atoms with Gasteiger partial charge >= 0.3 is 5.97 Å². The monoisotopic (exact) mass is 326 g/mol. The highest BCUT2D eigenvalue weighted by Crippen LogP contribution is 2.11. The van der Waals surface area contributed by atoms with Crippen LogP contribution in [0.25, 0.3) is 0 Å². The zero-order chi connectivity index (χ0) is 17.2. The second kappa shape index (κ2) is 17.2. The molecule has 0 rings (SSSR count). The summed E-state index contributed by atoms with van der Waals surface area (Å²) in [6.07, 6.45) is 19.1. The maximum Gasteiger partial charge on any atom is 0.305 e. The summed E-state index contributed by atoms with van der Waals surface area (Å²) in [5.74, 6) is -0.133. The van der Waals surface area contributed by atoms with Crippen LogP contribution in [0.3, 0.4) is 0 Å². The molecule has 0 heterocycles. The van der Waals surface area contributed by atoms with Gasteiger partial charge in [-0.15, -0.1) is 0 Å². The Hall–Kier alpha value is -1.13. The molecule has 0 saturated heterocycles. The first-order valence-corrected chi connectivity index (χ1v) is 8.95. The van der Waals surface area contributed by atoms with Crippen LogP contribution in [-0.2, 0) is 14.4 Å². The van der Waals surface area contributed by atoms with Crippen molar-refractivity contribution in [2.24, 2.45) is 0 Å². The third kappa shape index (κ3) is 15.5. The van der Waals surface area contributed by atoms with E-state index in [1.165, 1.54) is 26.4 Å². The van der Waals surface area contributed by atoms with Crippen molar-refractivity contribution in [3.8, 4) is 0 Å². The molecule has 0 bridgehead atoms. The molecule has 0 radical (unpaired) electrons. The first-order chi connectivity index (χ1) is 11.2. The van der Waals surface area contributed by atoms with Crippen LogP contribution in [0.2, 0.25) is 0 Å². The predicted octanol–water partition coefficient (Wildman–Crippen LogP) is 5.44. The lowest BCUT2D eigenvalue weighted by Gasteiger charge is -2.08. The summed E-state index contributed by atoms with van der Waals surface area (Å²) >= 11 is 0. The molecule has 0 aliphatic carbocycles. The van der Waals surface area contributed by atoms with Crippen LogP contribution >= 0.6 is 0 Å². The minimum Gasteiger partial charge on any atom is -0.469 e. The standard InChI is InChI=1S/C19H34O4/c1-3-4-5-6-7-9-12-15-18(23-21)16-13-10-8-11-14-17-19(20)22-2/h7,9,12,15,18,21H,3-6,8,10-11,13-14,16-17H2,1-2H3/b9-7-,15-12-. The Bertz CT molecular complexity index is 323. The van der Waals surface area contributed by atoms with Crippen LogP contribution in [-0.4, -0.2) is 24.4 Å². The van der Waals surface area contributed by atoms with Crippen molar-refractivity contribution in [1.82, 2.24) is 0 Å². The fourth-order valence-electron chi connectivity index (χ4n) is 2.31. The van der Waals surface area contributed by atoms with E-state index in [0.717, 1.165) is 44.9 Å². The van der Waals surface area contributed by atoms with Crippen molar-refractivity contribution in [2.75, 3.05) is 7.11 Å². The van der Waals surface area contributed by atoms with E-state index in [-0.39, 0.29) is 12.1 Å². The molecule has 1 N–H and O–H groups in total. The number of esters is 1. The minimum atomic E-state index is -0.231. The van der Waals surface area contributed by atoms with Crippen LogP contribution in [0.4, 0.5) is 0 Å². The Kier molecular flexibility index (Phi) is 16.4. The van der Waals surface area contributed by atoms with E-state index in [1.54, 1.807) is 0 Å². The fraction of sp³-hybridized carbons (Fsp3) is 0.737. The van der Waals surface area contributed by atoms with Gasteiger partial charge in [0, 0.05) is 6.42 Å². The van der Waals surface area contributed by atoms with Gasteiger partial charge in [0.05, 0.1) is 7.11 Å². The zero-order valence-electron chi connectivity index (χ0n) is 14.8. The molecule has 134 valence electrons. The van der Waals surface area contributed by atoms with E-state index in [2.05, 4.69) is 22.6 Å². The van der Waals surface area contributed by atoms with E-state index in [0.29, 0.717) is 6.42 Å². The third-order valence-electron chi connectivity index (χ3n) is 3.78. The molecule has 1 atom stereocenters. The molecule has 4 heteroatoms. The molecule has 0 aromatic rings. The smallest absolute Gasteiger partial charge is 0.305 e. The Labute approximate surface area is 141 Å². The summed E-state index contributed by atoms with van der Waals surface area (Å²) in [6, 6.07) is 0. The lowest BCUT2D eigenvalue weighted by atomic mass is 10.1. The number of ether oxygens (including phenoxy) is 1. The van der Waals surface area contributed by atoms with Gasteiger partial charge in [0.25, 0.3) is 0 Å². The van der Waals surface area contributed by atoms with Crippen LogP contribution in [0.5, 0.6) is 0 Å². The van der Waals surface area contributed by atoms with Crippen molar-refractivity contribution >= 4 is 5.97 Å². The molecular formula is C19H34O4. The van der Waals surface area contributed by atoms with Crippen molar-refractivity contribution in [1.29, 1.82) is 0 Å². The average molecular weight is 326 g/mol. The number of allylic oxidation sites excluding steroid dienone is 3. The highest BCUT2D eigenvalue weighted by Gasteiger charge is 2.04. The summed E-state index contributed by atoms with van der Waals surface area (Å²) in [5, 5.41) is 8.90. The number of hydrogen-bond acceptors (Lipinski definition) is 4. The van der Waals surface area contributed by atoms with Gasteiger partial charge in [-0.2, -0.15) is 0 Å². The van der Waals surface area contributed by atoms with Crippen molar-refractivity contribution in [2.45, 2.75) is 83.7 Å². The lowest BCUT2D eigenvalue weighted by Crippen LogP contribution is -2.06. The molecule has 1 unspecified atom stereocenters. The zero-order valence-corrected chi connectivity index (χ0v) is 14.8. The molecule has 0 fully saturated rings. The summed E-state index contributed by atoms with van der Waals surface area (Å²) in [5.41, 5.74) is 0. The van der Waals surface area contributed by atoms with Gasteiger partial charge in [0.15, 0.2) is 0 Å². The van der Waals surface area contributed by atoms with E-state index in [4.69, 9.17) is 5.26 Å². The summed E-state index contributed by atoms with van der Waals surface area (Å²) < 4.78 is 4.60. The number of carbonyl (C=O) groups is 1. The SMILES string of the molecule is CCCCC/C=C\C=C/C(CCCCCCCC(=O)OC)OO. The Morgan fingerprint density at radius 1 is 1.04 bits per heavy atom. The molecule has 23 heavy (non-hydrogen) atoms. The van der Waals surface area contributed by atoms with Crippen LogP contribution < -0.4 is 0 Å². The van der Waals surface area contributed by atoms with E-state index >= 15 is 0 Å². The maximum absolute atomic E-state index is 10.9. The molecule has 4 nitrogen and oxygen atoms in total. The second-order valence-corrected chi connectivity index (χ2v) is 5.84. The van der Waals surface area contributed by atoms with Crippen molar-refractivity contribution < 1.29 is 19.7 Å². The van der Waals surface area contributed by atoms with Crippen LogP contribution in [0.1, 0.15) is 77.6 Å². The molecule has 0 aromatic heterocycles. The van der Waals surface area contributed by atoms with Gasteiger partial charge in [-0.3, -0.25) is 10.1 Å². The molecular weight excluding hydrogens is 292 g/mol. The summed E-state index contributed by atoms with van der Waals surface area (Å²) in [4.78, 5) is 15.4. The predicted molar refractivity (Wildman–Crippen MR) is 94.3 cm³/mol. The van der Waals surface area contributed by atoms with Gasteiger partial charge in [-0.1, -0.05) is 69.8 Å². The molecule has 0 aromatic carbocycles. The largest absolute Gasteiger partial charge is 0.469 e. The number of carbonyl (C=O) groups excluding carboxylic acids is 1. The highest BCUT2D eigenvalue weighted by atomic mass is 17.1. The van der Waals surface area contributed by atoms with E-state index in [1.807, 2.05) is 18.2 Å². The van der Waals surface area contributed by atoms with Crippen LogP contribution in [0, 0.1) is 0 Å². The van der Waals surface area contributed by atoms with Crippen LogP contribution in [0.15, 0.2) is 24.3 Å². The lowest BCUT2D eigenvalue weighted by molar-refractivity contribution is -0.267. The van der Waals surface area contributed by atoms with Crippen molar-refractivity contribution in [3.05, 3.63) is 24.3 Å². The molecule has 0 spiro atoms. The fourth-order valence-corrected chi connectivity index (χ4v) is 2.31. The van der Waals surface area contributed by atoms with Crippen molar-refractivity contribution in [3.63, 3.8) is 0 Å². The van der Waals surface area contributed by atoms with Gasteiger partial charge in [0.2, 0.25) is 0 Å². The Morgan fingerprint density at radius 3 is 2.48 bits per heavy atom. The molecule has 0 saturated carbocycles. The van der Waals surface area contributed by atoms with E-state index in [9.17, 15) is 4.79 Å². The van der Waals surface area contributed by atoms with Gasteiger partial charge in [-0.05, 0) is 25.7 Å². The first kappa shape index (κ1) is 21.9. The quantitative estimate of drug-likeness (QED) is 0.143. The minimum absolute atomic E-state index is 0.133. The highest BCUT2D eigenvalue weighted by molar-refractivity contribution is 5.68. The maximum atomic E-state index is 10.9. The Morgan fingerprint density at radius 2 is 1.78 bits per heavy atom. The molecule has 0 aliphatic heterocycles. The van der Waals surface area contributed by atoms with Gasteiger partial charge < -0.3 is 4.74 Å². The van der Waals surface area contributed by atoms with Gasteiger partial charge in [0.1, 0.15) is 6.10 Å². The first-order valence-electron chi connectivity index (χ1n) is 8.95. The summed E-state index contributed by atoms with van der Waals surface area (Å²) in [6.45, 7) is 2.20. The Balaban J connectivity index is 3.59. The number of hydrogen-bond donors (Lipinski definition) is 1. The molecule has 0 amide bonds. The average Bonchev–Trinajstić information content (AvgIpc) is 2.57. The van der Waals surface area contributed by atoms with E-state index < -0.39 is 0 Å². The number of unbranched alkanes of at least 4 members (excludes halogenated alkanes) is 7.